The minimum Gasteiger partial charge on any atom is -0.481 e. The van der Waals surface area contributed by atoms with Gasteiger partial charge in [0.05, 0.1) is 18.1 Å². The molecule has 0 aromatic heterocycles. The Balaban J connectivity index is 2.49. The van der Waals surface area contributed by atoms with E-state index in [-0.39, 0.29) is 25.3 Å². The summed E-state index contributed by atoms with van der Waals surface area (Å²) in [6, 6.07) is 4.06. The van der Waals surface area contributed by atoms with Crippen LogP contribution in [-0.4, -0.2) is 39.6 Å². The Morgan fingerprint density at radius 3 is 2.68 bits per heavy atom. The number of likely N-dealkylation sites (tertiary alicyclic amines) is 1. The van der Waals surface area contributed by atoms with Crippen LogP contribution in [-0.2, 0) is 9.59 Å². The highest BCUT2D eigenvalue weighted by molar-refractivity contribution is 6.35. The van der Waals surface area contributed by atoms with Crippen molar-refractivity contribution in [1.82, 2.24) is 4.90 Å². The second kappa shape index (κ2) is 6.86. The smallest absolute Gasteiger partial charge is 0.308 e. The number of nitrogens with zero attached hydrogens (tertiary/aromatic N) is 1. The summed E-state index contributed by atoms with van der Waals surface area (Å²) in [5, 5.41) is 19.9. The van der Waals surface area contributed by atoms with Gasteiger partial charge in [-0.25, -0.2) is 0 Å². The molecule has 1 aromatic carbocycles. The van der Waals surface area contributed by atoms with E-state index in [1.807, 2.05) is 0 Å². The van der Waals surface area contributed by atoms with E-state index in [2.05, 4.69) is 0 Å². The molecular formula is C15H17Cl2NO4. The number of rotatable bonds is 4. The zero-order valence-electron chi connectivity index (χ0n) is 12.0. The number of aliphatic hydroxyl groups excluding tert-OH is 1. The van der Waals surface area contributed by atoms with Crippen LogP contribution >= 0.6 is 23.2 Å². The number of hydrogen-bond donors (Lipinski definition) is 2. The molecule has 7 heteroatoms. The van der Waals surface area contributed by atoms with Crippen molar-refractivity contribution in [3.05, 3.63) is 33.8 Å². The first-order valence-corrected chi connectivity index (χ1v) is 7.72. The highest BCUT2D eigenvalue weighted by atomic mass is 35.5. The van der Waals surface area contributed by atoms with Gasteiger partial charge in [0.25, 0.3) is 0 Å². The Kier molecular flexibility index (Phi) is 5.32. The van der Waals surface area contributed by atoms with E-state index in [4.69, 9.17) is 23.2 Å². The van der Waals surface area contributed by atoms with Gasteiger partial charge in [0, 0.05) is 23.0 Å². The van der Waals surface area contributed by atoms with Crippen LogP contribution in [0.1, 0.15) is 31.4 Å². The number of amides is 1. The number of carbonyl (C=O) groups is 2. The predicted octanol–water partition coefficient (Wildman–Crippen LogP) is 2.74. The predicted molar refractivity (Wildman–Crippen MR) is 83.0 cm³/mol. The molecule has 3 atom stereocenters. The minimum absolute atomic E-state index is 0.0617. The monoisotopic (exact) mass is 345 g/mol. The van der Waals surface area contributed by atoms with E-state index in [0.717, 1.165) is 0 Å². The van der Waals surface area contributed by atoms with Gasteiger partial charge in [0.2, 0.25) is 5.91 Å². The Labute approximate surface area is 138 Å². The van der Waals surface area contributed by atoms with Gasteiger partial charge < -0.3 is 15.1 Å². The molecular weight excluding hydrogens is 329 g/mol. The molecule has 1 aromatic rings. The number of hydrogen-bond acceptors (Lipinski definition) is 3. The number of halogens is 2. The molecule has 1 aliphatic rings. The molecule has 22 heavy (non-hydrogen) atoms. The number of carboxylic acid groups (broad SMARTS) is 1. The molecule has 0 radical (unpaired) electrons. The summed E-state index contributed by atoms with van der Waals surface area (Å²) in [7, 11) is 0. The van der Waals surface area contributed by atoms with Crippen LogP contribution in [0.4, 0.5) is 0 Å². The molecule has 0 bridgehead atoms. The summed E-state index contributed by atoms with van der Waals surface area (Å²) in [6.07, 6.45) is -0.371. The molecule has 1 heterocycles. The van der Waals surface area contributed by atoms with Gasteiger partial charge in [-0.3, -0.25) is 9.59 Å². The van der Waals surface area contributed by atoms with E-state index >= 15 is 0 Å². The van der Waals surface area contributed by atoms with E-state index < -0.39 is 24.0 Å². The zero-order valence-corrected chi connectivity index (χ0v) is 13.5. The molecule has 0 spiro atoms. The zero-order chi connectivity index (χ0) is 16.4. The van der Waals surface area contributed by atoms with Crippen molar-refractivity contribution in [3.63, 3.8) is 0 Å². The maximum atomic E-state index is 12.2. The quantitative estimate of drug-likeness (QED) is 0.879. The van der Waals surface area contributed by atoms with E-state index in [0.29, 0.717) is 15.6 Å². The average Bonchev–Trinajstić information content (AvgIpc) is 2.41. The molecule has 120 valence electrons. The SMILES string of the molecule is C[C@H](O)CN1C(=O)CC[C@H](C(=O)O)[C@H]1c1ccc(Cl)cc1Cl. The average molecular weight is 346 g/mol. The molecule has 1 fully saturated rings. The van der Waals surface area contributed by atoms with Gasteiger partial charge in [0.1, 0.15) is 0 Å². The fourth-order valence-electron chi connectivity index (χ4n) is 2.84. The van der Waals surface area contributed by atoms with Gasteiger partial charge in [0.15, 0.2) is 0 Å². The fourth-order valence-corrected chi connectivity index (χ4v) is 3.36. The number of carbonyl (C=O) groups excluding carboxylic acids is 1. The molecule has 5 nitrogen and oxygen atoms in total. The lowest BCUT2D eigenvalue weighted by Crippen LogP contribution is -2.47. The Morgan fingerprint density at radius 2 is 2.14 bits per heavy atom. The molecule has 0 unspecified atom stereocenters. The summed E-state index contributed by atoms with van der Waals surface area (Å²) in [6.45, 7) is 1.62. The van der Waals surface area contributed by atoms with Crippen molar-refractivity contribution in [2.75, 3.05) is 6.54 Å². The number of aliphatic carboxylic acids is 1. The molecule has 2 rings (SSSR count). The lowest BCUT2D eigenvalue weighted by atomic mass is 9.84. The van der Waals surface area contributed by atoms with Crippen molar-refractivity contribution in [2.45, 2.75) is 31.9 Å². The van der Waals surface area contributed by atoms with Crippen molar-refractivity contribution >= 4 is 35.1 Å². The van der Waals surface area contributed by atoms with Crippen LogP contribution in [0, 0.1) is 5.92 Å². The maximum absolute atomic E-state index is 12.2. The third-order valence-corrected chi connectivity index (χ3v) is 4.33. The van der Waals surface area contributed by atoms with Crippen LogP contribution in [0.3, 0.4) is 0 Å². The number of aliphatic hydroxyl groups is 1. The molecule has 1 saturated heterocycles. The van der Waals surface area contributed by atoms with Crippen LogP contribution in [0.15, 0.2) is 18.2 Å². The van der Waals surface area contributed by atoms with Gasteiger partial charge in [-0.15, -0.1) is 0 Å². The second-order valence-corrected chi connectivity index (χ2v) is 6.33. The first kappa shape index (κ1) is 17.1. The number of benzene rings is 1. The highest BCUT2D eigenvalue weighted by Gasteiger charge is 2.41. The Hall–Kier alpha value is -1.30. The second-order valence-electron chi connectivity index (χ2n) is 5.49. The standard InChI is InChI=1S/C15H17Cl2NO4/c1-8(19)7-18-13(20)5-4-11(15(21)22)14(18)10-3-2-9(16)6-12(10)17/h2-3,6,8,11,14,19H,4-5,7H2,1H3,(H,21,22)/t8-,11-,14+/m0/s1. The summed E-state index contributed by atoms with van der Waals surface area (Å²) in [4.78, 5) is 25.2. The molecule has 0 aliphatic carbocycles. The van der Waals surface area contributed by atoms with Crippen LogP contribution < -0.4 is 0 Å². The molecule has 1 aliphatic heterocycles. The Bertz CT molecular complexity index is 591. The van der Waals surface area contributed by atoms with Gasteiger partial charge in [-0.2, -0.15) is 0 Å². The third kappa shape index (κ3) is 3.54. The summed E-state index contributed by atoms with van der Waals surface area (Å²) < 4.78 is 0. The summed E-state index contributed by atoms with van der Waals surface area (Å²) in [5.41, 5.74) is 0.534. The van der Waals surface area contributed by atoms with Gasteiger partial charge >= 0.3 is 5.97 Å². The van der Waals surface area contributed by atoms with Crippen molar-refractivity contribution in [2.24, 2.45) is 5.92 Å². The van der Waals surface area contributed by atoms with E-state index in [9.17, 15) is 19.8 Å². The third-order valence-electron chi connectivity index (χ3n) is 3.77. The summed E-state index contributed by atoms with van der Waals surface area (Å²) >= 11 is 12.1. The summed E-state index contributed by atoms with van der Waals surface area (Å²) in [5.74, 6) is -1.94. The van der Waals surface area contributed by atoms with Gasteiger partial charge in [-0.05, 0) is 31.0 Å². The number of carboxylic acids is 1. The first-order chi connectivity index (χ1) is 10.3. The van der Waals surface area contributed by atoms with Crippen molar-refractivity contribution in [3.8, 4) is 0 Å². The van der Waals surface area contributed by atoms with Crippen LogP contribution in [0.2, 0.25) is 10.0 Å². The molecule has 1 amide bonds. The largest absolute Gasteiger partial charge is 0.481 e. The van der Waals surface area contributed by atoms with Crippen molar-refractivity contribution in [1.29, 1.82) is 0 Å². The van der Waals surface area contributed by atoms with Crippen molar-refractivity contribution < 1.29 is 19.8 Å². The normalized spacial score (nSPS) is 23.5. The minimum atomic E-state index is -0.987. The highest BCUT2D eigenvalue weighted by Crippen LogP contribution is 2.40. The molecule has 2 N–H and O–H groups in total. The van der Waals surface area contributed by atoms with Gasteiger partial charge in [-0.1, -0.05) is 29.3 Å². The van der Waals surface area contributed by atoms with E-state index in [1.54, 1.807) is 19.1 Å². The lowest BCUT2D eigenvalue weighted by Gasteiger charge is -2.40. The van der Waals surface area contributed by atoms with Crippen LogP contribution in [0.25, 0.3) is 0 Å². The first-order valence-electron chi connectivity index (χ1n) is 6.96. The number of piperidine rings is 1. The molecule has 0 saturated carbocycles. The van der Waals surface area contributed by atoms with Crippen LogP contribution in [0.5, 0.6) is 0 Å². The number of β-amino-alcohol motifs (C(OH)–C–C–N with tert-alkyl or cyclic N) is 1. The van der Waals surface area contributed by atoms with E-state index in [1.165, 1.54) is 11.0 Å². The maximum Gasteiger partial charge on any atom is 0.308 e. The Morgan fingerprint density at radius 1 is 1.45 bits per heavy atom. The fraction of sp³-hybridized carbons (Fsp3) is 0.467. The lowest BCUT2D eigenvalue weighted by molar-refractivity contribution is -0.153. The topological polar surface area (TPSA) is 77.8 Å².